The van der Waals surface area contributed by atoms with Gasteiger partial charge in [-0.3, -0.25) is 14.5 Å². The van der Waals surface area contributed by atoms with Crippen molar-refractivity contribution < 1.29 is 9.18 Å². The number of aromatic amines is 1. The fraction of sp³-hybridized carbons (Fsp3) is 0.211. The smallest absolute Gasteiger partial charge is 0.242 e. The third-order valence-electron chi connectivity index (χ3n) is 4.06. The molecule has 0 fully saturated rings. The molecule has 0 spiro atoms. The molecule has 5 nitrogen and oxygen atoms in total. The summed E-state index contributed by atoms with van der Waals surface area (Å²) in [5.74, 6) is 0.161. The molecule has 0 bridgehead atoms. The molecule has 0 unspecified atom stereocenters. The molecule has 3 aromatic rings. The minimum Gasteiger partial charge on any atom is -0.340 e. The van der Waals surface area contributed by atoms with Gasteiger partial charge >= 0.3 is 0 Å². The van der Waals surface area contributed by atoms with Gasteiger partial charge in [0, 0.05) is 19.2 Å². The Labute approximate surface area is 156 Å². The van der Waals surface area contributed by atoms with Crippen molar-refractivity contribution in [1.29, 1.82) is 0 Å². The fourth-order valence-electron chi connectivity index (χ4n) is 2.72. The normalized spacial score (nSPS) is 10.7. The minimum absolute atomic E-state index is 0.0599. The highest BCUT2D eigenvalue weighted by molar-refractivity contribution is 7.71. The number of nitrogens with one attached hydrogen (secondary N) is 1. The highest BCUT2D eigenvalue weighted by atomic mass is 32.1. The summed E-state index contributed by atoms with van der Waals surface area (Å²) in [6, 6.07) is 14.1. The van der Waals surface area contributed by atoms with E-state index in [9.17, 15) is 9.18 Å². The lowest BCUT2D eigenvalue weighted by Gasteiger charge is -2.18. The molecule has 0 saturated heterocycles. The predicted molar refractivity (Wildman–Crippen MR) is 100 cm³/mol. The highest BCUT2D eigenvalue weighted by Crippen LogP contribution is 2.19. The van der Waals surface area contributed by atoms with Gasteiger partial charge in [0.2, 0.25) is 5.91 Å². The van der Waals surface area contributed by atoms with Crippen LogP contribution in [0.4, 0.5) is 4.39 Å². The van der Waals surface area contributed by atoms with Gasteiger partial charge in [0.25, 0.3) is 0 Å². The summed E-state index contributed by atoms with van der Waals surface area (Å²) in [4.78, 5) is 14.2. The number of benzene rings is 2. The van der Waals surface area contributed by atoms with Crippen LogP contribution in [0.25, 0.3) is 11.4 Å². The summed E-state index contributed by atoms with van der Waals surface area (Å²) >= 11 is 5.28. The first-order valence-electron chi connectivity index (χ1n) is 8.14. The van der Waals surface area contributed by atoms with Gasteiger partial charge in [0.05, 0.1) is 0 Å². The maximum Gasteiger partial charge on any atom is 0.242 e. The molecule has 134 valence electrons. The zero-order chi connectivity index (χ0) is 18.7. The van der Waals surface area contributed by atoms with Crippen molar-refractivity contribution in [2.45, 2.75) is 20.0 Å². The van der Waals surface area contributed by atoms with Gasteiger partial charge in [-0.15, -0.1) is 0 Å². The van der Waals surface area contributed by atoms with E-state index in [0.717, 1.165) is 16.7 Å². The fourth-order valence-corrected chi connectivity index (χ4v) is 2.92. The number of hydrogen-bond acceptors (Lipinski definition) is 3. The standard InChI is InChI=1S/C19H19FN4OS/c1-13-5-3-7-15(9-13)18-21-22-19(26)24(18)12-17(25)23(2)11-14-6-4-8-16(20)10-14/h3-10H,11-12H2,1-2H3,(H,22,26). The molecule has 0 aliphatic heterocycles. The number of hydrogen-bond donors (Lipinski definition) is 1. The summed E-state index contributed by atoms with van der Waals surface area (Å²) in [5.41, 5.74) is 2.71. The minimum atomic E-state index is -0.317. The van der Waals surface area contributed by atoms with E-state index in [1.165, 1.54) is 12.1 Å². The summed E-state index contributed by atoms with van der Waals surface area (Å²) in [6.07, 6.45) is 0. The first-order chi connectivity index (χ1) is 12.4. The third-order valence-corrected chi connectivity index (χ3v) is 4.37. The molecule has 1 heterocycles. The molecular formula is C19H19FN4OS. The molecular weight excluding hydrogens is 351 g/mol. The van der Waals surface area contributed by atoms with Gasteiger partial charge < -0.3 is 4.90 Å². The number of carbonyl (C=O) groups excluding carboxylic acids is 1. The van der Waals surface area contributed by atoms with Gasteiger partial charge in [-0.2, -0.15) is 5.10 Å². The van der Waals surface area contributed by atoms with Crippen LogP contribution in [0.15, 0.2) is 48.5 Å². The summed E-state index contributed by atoms with van der Waals surface area (Å²) in [6.45, 7) is 2.37. The zero-order valence-electron chi connectivity index (χ0n) is 14.6. The van der Waals surface area contributed by atoms with E-state index in [1.807, 2.05) is 31.2 Å². The quantitative estimate of drug-likeness (QED) is 0.697. The zero-order valence-corrected chi connectivity index (χ0v) is 15.4. The Bertz CT molecular complexity index is 995. The molecule has 0 atom stereocenters. The van der Waals surface area contributed by atoms with Crippen molar-refractivity contribution in [3.63, 3.8) is 0 Å². The van der Waals surface area contributed by atoms with Crippen molar-refractivity contribution in [2.75, 3.05) is 7.05 Å². The molecule has 1 aromatic heterocycles. The maximum atomic E-state index is 13.3. The van der Waals surface area contributed by atoms with Crippen LogP contribution < -0.4 is 0 Å². The van der Waals surface area contributed by atoms with Crippen LogP contribution in [-0.2, 0) is 17.9 Å². The van der Waals surface area contributed by atoms with Crippen LogP contribution >= 0.6 is 12.2 Å². The van der Waals surface area contributed by atoms with E-state index >= 15 is 0 Å². The lowest BCUT2D eigenvalue weighted by molar-refractivity contribution is -0.131. The number of nitrogens with zero attached hydrogens (tertiary/aromatic N) is 3. The first-order valence-corrected chi connectivity index (χ1v) is 8.55. The Hall–Kier alpha value is -2.80. The Kier molecular flexibility index (Phi) is 5.27. The number of aryl methyl sites for hydroxylation is 1. The number of aromatic nitrogens is 3. The molecule has 0 saturated carbocycles. The number of amides is 1. The van der Waals surface area contributed by atoms with Gasteiger partial charge in [-0.25, -0.2) is 4.39 Å². The van der Waals surface area contributed by atoms with Crippen LogP contribution in [-0.4, -0.2) is 32.6 Å². The van der Waals surface area contributed by atoms with Crippen molar-refractivity contribution in [2.24, 2.45) is 0 Å². The molecule has 0 aliphatic rings. The Morgan fingerprint density at radius 3 is 2.77 bits per heavy atom. The van der Waals surface area contributed by atoms with Crippen molar-refractivity contribution in [3.8, 4) is 11.4 Å². The van der Waals surface area contributed by atoms with Gasteiger partial charge in [-0.1, -0.05) is 35.9 Å². The van der Waals surface area contributed by atoms with Crippen LogP contribution in [0.1, 0.15) is 11.1 Å². The second kappa shape index (κ2) is 7.61. The molecule has 7 heteroatoms. The SMILES string of the molecule is Cc1cccc(-c2n[nH]c(=S)n2CC(=O)N(C)Cc2cccc(F)c2)c1. The van der Waals surface area contributed by atoms with E-state index in [2.05, 4.69) is 10.2 Å². The topological polar surface area (TPSA) is 53.9 Å². The first kappa shape index (κ1) is 18.0. The van der Waals surface area contributed by atoms with Crippen LogP contribution in [0.3, 0.4) is 0 Å². The Morgan fingerprint density at radius 2 is 2.04 bits per heavy atom. The average molecular weight is 370 g/mol. The van der Waals surface area contributed by atoms with E-state index in [-0.39, 0.29) is 18.3 Å². The molecule has 0 radical (unpaired) electrons. The summed E-state index contributed by atoms with van der Waals surface area (Å²) < 4.78 is 15.4. The third kappa shape index (κ3) is 4.05. The lowest BCUT2D eigenvalue weighted by atomic mass is 10.1. The summed E-state index contributed by atoms with van der Waals surface area (Å²) in [5, 5.41) is 7.01. The molecule has 1 amide bonds. The van der Waals surface area contributed by atoms with E-state index in [4.69, 9.17) is 12.2 Å². The number of carbonyl (C=O) groups is 1. The lowest BCUT2D eigenvalue weighted by Crippen LogP contribution is -2.30. The molecule has 0 aliphatic carbocycles. The van der Waals surface area contributed by atoms with Crippen molar-refractivity contribution >= 4 is 18.1 Å². The number of likely N-dealkylation sites (N-methyl/N-ethyl adjacent to an activating group) is 1. The molecule has 3 rings (SSSR count). The number of rotatable bonds is 5. The van der Waals surface area contributed by atoms with Crippen LogP contribution in [0.5, 0.6) is 0 Å². The Balaban J connectivity index is 1.79. The van der Waals surface area contributed by atoms with Gasteiger partial charge in [-0.05, 0) is 42.9 Å². The maximum absolute atomic E-state index is 13.3. The molecule has 2 aromatic carbocycles. The highest BCUT2D eigenvalue weighted by Gasteiger charge is 2.15. The van der Waals surface area contributed by atoms with E-state index < -0.39 is 0 Å². The van der Waals surface area contributed by atoms with Crippen molar-refractivity contribution in [1.82, 2.24) is 19.7 Å². The van der Waals surface area contributed by atoms with Gasteiger partial charge in [0.1, 0.15) is 12.4 Å². The monoisotopic (exact) mass is 370 g/mol. The average Bonchev–Trinajstić information content (AvgIpc) is 2.95. The molecule has 1 N–H and O–H groups in total. The largest absolute Gasteiger partial charge is 0.340 e. The summed E-state index contributed by atoms with van der Waals surface area (Å²) in [7, 11) is 1.68. The van der Waals surface area contributed by atoms with Crippen molar-refractivity contribution in [3.05, 3.63) is 70.2 Å². The van der Waals surface area contributed by atoms with Crippen LogP contribution in [0.2, 0.25) is 0 Å². The Morgan fingerprint density at radius 1 is 1.27 bits per heavy atom. The second-order valence-corrected chi connectivity index (χ2v) is 6.57. The van der Waals surface area contributed by atoms with E-state index in [1.54, 1.807) is 28.6 Å². The predicted octanol–water partition coefficient (Wildman–Crippen LogP) is 3.71. The van der Waals surface area contributed by atoms with Crippen LogP contribution in [0, 0.1) is 17.5 Å². The number of H-pyrrole nitrogens is 1. The van der Waals surface area contributed by atoms with E-state index in [0.29, 0.717) is 17.1 Å². The number of halogens is 1. The molecule has 26 heavy (non-hydrogen) atoms. The van der Waals surface area contributed by atoms with Gasteiger partial charge in [0.15, 0.2) is 10.6 Å². The second-order valence-electron chi connectivity index (χ2n) is 6.19.